The Morgan fingerprint density at radius 2 is 1.60 bits per heavy atom. The number of halogens is 1. The van der Waals surface area contributed by atoms with Gasteiger partial charge in [0, 0.05) is 77.1 Å². The number of piperazine rings is 1. The number of aromatic nitrogens is 2. The van der Waals surface area contributed by atoms with Crippen LogP contribution in [0.1, 0.15) is 12.0 Å². The Morgan fingerprint density at radius 3 is 2.34 bits per heavy atom. The molecule has 1 aliphatic heterocycles. The van der Waals surface area contributed by atoms with Gasteiger partial charge in [0.15, 0.2) is 5.82 Å². The van der Waals surface area contributed by atoms with Gasteiger partial charge in [-0.15, -0.1) is 11.8 Å². The summed E-state index contributed by atoms with van der Waals surface area (Å²) >= 11 is 8.21. The predicted molar refractivity (Wildman–Crippen MR) is 236 cm³/mol. The van der Waals surface area contributed by atoms with Crippen LogP contribution in [0.3, 0.4) is 0 Å². The highest BCUT2D eigenvalue weighted by Gasteiger charge is 2.25. The molecule has 0 aliphatic carbocycles. The molecule has 7 rings (SSSR count). The third-order valence-corrected chi connectivity index (χ3v) is 13.0. The summed E-state index contributed by atoms with van der Waals surface area (Å²) in [6.45, 7) is 4.88. The Morgan fingerprint density at radius 1 is 0.879 bits per heavy atom. The Labute approximate surface area is 348 Å². The highest BCUT2D eigenvalue weighted by molar-refractivity contribution is 7.99. The molecule has 0 radical (unpaired) electrons. The molecule has 0 spiro atoms. The molecule has 1 aromatic heterocycles. The highest BCUT2D eigenvalue weighted by atomic mass is 35.5. The van der Waals surface area contributed by atoms with Gasteiger partial charge in [-0.2, -0.15) is 0 Å². The van der Waals surface area contributed by atoms with Gasteiger partial charge in [0.2, 0.25) is 0 Å². The molecule has 0 unspecified atom stereocenters. The van der Waals surface area contributed by atoms with Crippen LogP contribution in [0.2, 0.25) is 5.02 Å². The monoisotopic (exact) mass is 836 g/mol. The van der Waals surface area contributed by atoms with Gasteiger partial charge >= 0.3 is 0 Å². The Bertz CT molecular complexity index is 2480. The molecule has 1 atom stereocenters. The van der Waals surface area contributed by atoms with E-state index in [1.165, 1.54) is 24.0 Å². The smallest absolute Gasteiger partial charge is 0.293 e. The van der Waals surface area contributed by atoms with Gasteiger partial charge in [-0.25, -0.2) is 18.4 Å². The van der Waals surface area contributed by atoms with E-state index in [4.69, 9.17) is 11.6 Å². The highest BCUT2D eigenvalue weighted by Crippen LogP contribution is 2.34. The average Bonchev–Trinajstić information content (AvgIpc) is 3.22. The van der Waals surface area contributed by atoms with E-state index < -0.39 is 14.9 Å². The first-order valence-electron chi connectivity index (χ1n) is 19.0. The summed E-state index contributed by atoms with van der Waals surface area (Å²) < 4.78 is 30.0. The van der Waals surface area contributed by atoms with Crippen LogP contribution in [0, 0.1) is 10.1 Å². The summed E-state index contributed by atoms with van der Waals surface area (Å²) in [5.74, 6) is 0.750. The van der Waals surface area contributed by atoms with Crippen LogP contribution in [0.5, 0.6) is 0 Å². The summed E-state index contributed by atoms with van der Waals surface area (Å²) in [4.78, 5) is 28.1. The van der Waals surface area contributed by atoms with E-state index >= 15 is 0 Å². The average molecular weight is 837 g/mol. The van der Waals surface area contributed by atoms with Gasteiger partial charge in [0.25, 0.3) is 15.7 Å². The summed E-state index contributed by atoms with van der Waals surface area (Å²) in [5.41, 5.74) is 4.86. The first kappa shape index (κ1) is 40.9. The second kappa shape index (κ2) is 18.6. The van der Waals surface area contributed by atoms with Gasteiger partial charge in [-0.05, 0) is 86.7 Å². The van der Waals surface area contributed by atoms with Crippen molar-refractivity contribution in [1.82, 2.24) is 19.8 Å². The van der Waals surface area contributed by atoms with Crippen molar-refractivity contribution in [2.24, 2.45) is 0 Å². The van der Waals surface area contributed by atoms with Crippen molar-refractivity contribution in [3.63, 3.8) is 0 Å². The second-order valence-electron chi connectivity index (χ2n) is 14.4. The second-order valence-corrected chi connectivity index (χ2v) is 17.6. The molecule has 58 heavy (non-hydrogen) atoms. The number of thioether (sulfide) groups is 1. The van der Waals surface area contributed by atoms with Crippen LogP contribution >= 0.6 is 23.4 Å². The predicted octanol–water partition coefficient (Wildman–Crippen LogP) is 8.51. The van der Waals surface area contributed by atoms with E-state index in [9.17, 15) is 18.5 Å². The molecule has 1 aliphatic rings. The summed E-state index contributed by atoms with van der Waals surface area (Å²) in [5, 5.41) is 16.9. The maximum absolute atomic E-state index is 13.7. The zero-order valence-corrected chi connectivity index (χ0v) is 34.7. The summed E-state index contributed by atoms with van der Waals surface area (Å²) in [6, 6.07) is 35.7. The first-order chi connectivity index (χ1) is 28.0. The SMILES string of the molecule is CN(C)CC[C@H](CSc1ccccc1)Nc1ccc(S(=O)(=O)Nc2ncnc3cc(N4CCN(Cc5ccccc5-c5ccccc5Cl)CC4)ccc23)cc1[N+](=O)[O-]. The fraction of sp³-hybridized carbons (Fsp3) is 0.256. The molecular formula is C43H45ClN8O4S2. The zero-order chi connectivity index (χ0) is 40.6. The molecule has 1 fully saturated rings. The minimum Gasteiger partial charge on any atom is -0.376 e. The molecule has 15 heteroatoms. The molecular weight excluding hydrogens is 792 g/mol. The van der Waals surface area contributed by atoms with E-state index in [0.717, 1.165) is 78.5 Å². The van der Waals surface area contributed by atoms with Crippen LogP contribution in [0.15, 0.2) is 131 Å². The van der Waals surface area contributed by atoms with Gasteiger partial charge in [0.05, 0.1) is 15.3 Å². The number of hydrogen-bond donors (Lipinski definition) is 2. The Balaban J connectivity index is 1.03. The lowest BCUT2D eigenvalue weighted by Crippen LogP contribution is -2.46. The van der Waals surface area contributed by atoms with Gasteiger partial charge in [0.1, 0.15) is 12.0 Å². The number of hydrogen-bond acceptors (Lipinski definition) is 11. The number of nitrogens with zero attached hydrogens (tertiary/aromatic N) is 6. The minimum absolute atomic E-state index is 0.0881. The maximum Gasteiger partial charge on any atom is 0.293 e. The topological polar surface area (TPSA) is 137 Å². The number of nitro groups is 1. The lowest BCUT2D eigenvalue weighted by Gasteiger charge is -2.36. The normalized spacial score (nSPS) is 14.1. The molecule has 12 nitrogen and oxygen atoms in total. The molecule has 6 aromatic rings. The number of benzene rings is 5. The first-order valence-corrected chi connectivity index (χ1v) is 21.8. The lowest BCUT2D eigenvalue weighted by atomic mass is 9.99. The molecule has 0 amide bonds. The standard InChI is InChI=1S/C43H45ClN8O4S2/c1-49(2)21-20-32(29-57-34-11-4-3-5-12-34)47-40-19-17-35(27-42(40)52(53)54)58(55,56)48-43-38-18-16-33(26-41(38)45-30-46-43)51-24-22-50(23-25-51)28-31-10-6-7-13-36(31)37-14-8-9-15-39(37)44/h3-19,26-27,30,32,47H,20-25,28-29H2,1-2H3,(H,45,46,48)/t32-/m1/s1. The quantitative estimate of drug-likeness (QED) is 0.0552. The van der Waals surface area contributed by atoms with Crippen LogP contribution < -0.4 is 14.9 Å². The van der Waals surface area contributed by atoms with Gasteiger partial charge in [-0.3, -0.25) is 19.7 Å². The third-order valence-electron chi connectivity index (χ3n) is 10.1. The van der Waals surface area contributed by atoms with Crippen molar-refractivity contribution in [3.8, 4) is 11.1 Å². The van der Waals surface area contributed by atoms with E-state index in [1.807, 2.05) is 86.9 Å². The summed E-state index contributed by atoms with van der Waals surface area (Å²) in [6.07, 6.45) is 2.04. The molecule has 1 saturated heterocycles. The fourth-order valence-corrected chi connectivity index (χ4v) is 9.29. The number of nitrogens with one attached hydrogen (secondary N) is 2. The van der Waals surface area contributed by atoms with Crippen molar-refractivity contribution >= 4 is 67.2 Å². The van der Waals surface area contributed by atoms with E-state index in [-0.39, 0.29) is 28.1 Å². The number of fused-ring (bicyclic) bond motifs is 1. The van der Waals surface area contributed by atoms with Crippen LogP contribution in [-0.4, -0.2) is 91.7 Å². The lowest BCUT2D eigenvalue weighted by molar-refractivity contribution is -0.384. The number of anilines is 3. The van der Waals surface area contributed by atoms with Crippen LogP contribution in [0.25, 0.3) is 22.0 Å². The molecule has 2 N–H and O–H groups in total. The van der Waals surface area contributed by atoms with Crippen molar-refractivity contribution < 1.29 is 13.3 Å². The molecule has 0 bridgehead atoms. The van der Waals surface area contributed by atoms with Crippen molar-refractivity contribution in [2.45, 2.75) is 28.8 Å². The number of sulfonamides is 1. The van der Waals surface area contributed by atoms with Crippen LogP contribution in [-0.2, 0) is 16.6 Å². The minimum atomic E-state index is -4.27. The molecule has 0 saturated carbocycles. The largest absolute Gasteiger partial charge is 0.376 e. The number of rotatable bonds is 16. The molecule has 300 valence electrons. The van der Waals surface area contributed by atoms with Crippen molar-refractivity contribution in [3.05, 3.63) is 142 Å². The molecule has 2 heterocycles. The fourth-order valence-electron chi connectivity index (χ4n) is 7.01. The zero-order valence-electron chi connectivity index (χ0n) is 32.3. The summed E-state index contributed by atoms with van der Waals surface area (Å²) in [7, 11) is -0.313. The third kappa shape index (κ3) is 10.1. The van der Waals surface area contributed by atoms with Gasteiger partial charge in [-0.1, -0.05) is 72.3 Å². The van der Waals surface area contributed by atoms with Crippen LogP contribution in [0.4, 0.5) is 22.9 Å². The van der Waals surface area contributed by atoms with Gasteiger partial charge < -0.3 is 15.1 Å². The van der Waals surface area contributed by atoms with E-state index in [1.54, 1.807) is 11.8 Å². The van der Waals surface area contributed by atoms with Crippen molar-refractivity contribution in [2.75, 3.05) is 67.5 Å². The maximum atomic E-state index is 13.7. The Hall–Kier alpha value is -5.25. The number of nitro benzene ring substituents is 1. The van der Waals surface area contributed by atoms with E-state index in [2.05, 4.69) is 59.0 Å². The molecule has 5 aromatic carbocycles. The Kier molecular flexibility index (Phi) is 13.1. The van der Waals surface area contributed by atoms with E-state index in [0.29, 0.717) is 16.7 Å². The van der Waals surface area contributed by atoms with Crippen molar-refractivity contribution in [1.29, 1.82) is 0 Å².